The van der Waals surface area contributed by atoms with E-state index in [4.69, 9.17) is 0 Å². The Morgan fingerprint density at radius 2 is 1.33 bits per heavy atom. The fourth-order valence-electron chi connectivity index (χ4n) is 2.96. The third kappa shape index (κ3) is 1.62. The Morgan fingerprint density at radius 3 is 2.05 bits per heavy atom. The van der Waals surface area contributed by atoms with Gasteiger partial charge < -0.3 is 0 Å². The summed E-state index contributed by atoms with van der Waals surface area (Å²) in [5, 5.41) is 14.5. The molecular formula is C19H11O2. The second-order valence-corrected chi connectivity index (χ2v) is 5.11. The maximum atomic E-state index is 12.8. The minimum atomic E-state index is -0.185. The quantitative estimate of drug-likeness (QED) is 0.648. The van der Waals surface area contributed by atoms with Gasteiger partial charge in [0, 0.05) is 16.5 Å². The van der Waals surface area contributed by atoms with Crippen molar-refractivity contribution >= 4 is 27.9 Å². The predicted octanol–water partition coefficient (Wildman–Crippen LogP) is 4.33. The summed E-state index contributed by atoms with van der Waals surface area (Å²) >= 11 is 0. The van der Waals surface area contributed by atoms with Crippen molar-refractivity contribution in [3.05, 3.63) is 83.4 Å². The van der Waals surface area contributed by atoms with Gasteiger partial charge in [0.25, 0.3) is 0 Å². The fourth-order valence-corrected chi connectivity index (χ4v) is 2.96. The Hall–Kier alpha value is -2.87. The van der Waals surface area contributed by atoms with Gasteiger partial charge in [0.1, 0.15) is 0 Å². The number of rotatable bonds is 1. The molecule has 0 heterocycles. The molecule has 0 aliphatic heterocycles. The van der Waals surface area contributed by atoms with Gasteiger partial charge in [0.05, 0.1) is 5.57 Å². The number of ketones is 1. The highest BCUT2D eigenvalue weighted by atomic mass is 16.3. The van der Waals surface area contributed by atoms with Crippen molar-refractivity contribution in [2.45, 2.75) is 0 Å². The van der Waals surface area contributed by atoms with E-state index >= 15 is 0 Å². The molecule has 0 unspecified atom stereocenters. The SMILES string of the molecule is [O]C1=C(c2ccccc2)C(=O)c2cccc3cccc1c23. The molecule has 0 fully saturated rings. The summed E-state index contributed by atoms with van der Waals surface area (Å²) in [6.07, 6.45) is 0. The number of carbonyl (C=O) groups is 1. The second-order valence-electron chi connectivity index (χ2n) is 5.11. The summed E-state index contributed by atoms with van der Waals surface area (Å²) in [5.74, 6) is -0.369. The third-order valence-corrected chi connectivity index (χ3v) is 3.91. The molecule has 0 saturated carbocycles. The highest BCUT2D eigenvalue weighted by molar-refractivity contribution is 6.39. The molecule has 4 rings (SSSR count). The molecule has 3 aromatic rings. The summed E-state index contributed by atoms with van der Waals surface area (Å²) < 4.78 is 0. The van der Waals surface area contributed by atoms with Crippen LogP contribution in [0.25, 0.3) is 22.1 Å². The van der Waals surface area contributed by atoms with Crippen LogP contribution in [0.2, 0.25) is 0 Å². The minimum absolute atomic E-state index is 0.185. The minimum Gasteiger partial charge on any atom is -0.288 e. The molecule has 0 saturated heterocycles. The molecule has 2 heteroatoms. The Morgan fingerprint density at radius 1 is 0.667 bits per heavy atom. The Kier molecular flexibility index (Phi) is 2.45. The predicted molar refractivity (Wildman–Crippen MR) is 82.2 cm³/mol. The van der Waals surface area contributed by atoms with E-state index in [0.717, 1.165) is 10.8 Å². The molecule has 0 bridgehead atoms. The molecular weight excluding hydrogens is 260 g/mol. The van der Waals surface area contributed by atoms with E-state index in [1.165, 1.54) is 0 Å². The second kappa shape index (κ2) is 4.32. The van der Waals surface area contributed by atoms with Crippen LogP contribution in [0.1, 0.15) is 21.5 Å². The smallest absolute Gasteiger partial charge is 0.198 e. The number of benzene rings is 3. The number of hydrogen-bond acceptors (Lipinski definition) is 1. The van der Waals surface area contributed by atoms with Crippen LogP contribution < -0.4 is 0 Å². The van der Waals surface area contributed by atoms with Crippen molar-refractivity contribution < 1.29 is 9.90 Å². The average Bonchev–Trinajstić information content (AvgIpc) is 2.54. The highest BCUT2D eigenvalue weighted by Gasteiger charge is 2.29. The lowest BCUT2D eigenvalue weighted by atomic mass is 9.84. The van der Waals surface area contributed by atoms with Gasteiger partial charge in [-0.2, -0.15) is 0 Å². The number of Topliss-reactive ketones (excluding diaryl/α,β-unsaturated/α-hetero) is 1. The monoisotopic (exact) mass is 271 g/mol. The summed E-state index contributed by atoms with van der Waals surface area (Å²) in [7, 11) is 0. The zero-order valence-corrected chi connectivity index (χ0v) is 11.2. The van der Waals surface area contributed by atoms with Crippen LogP contribution in [-0.2, 0) is 5.11 Å². The zero-order valence-electron chi connectivity index (χ0n) is 11.2. The van der Waals surface area contributed by atoms with Crippen LogP contribution in [0.4, 0.5) is 0 Å². The molecule has 3 aromatic carbocycles. The fraction of sp³-hybridized carbons (Fsp3) is 0. The average molecular weight is 271 g/mol. The van der Waals surface area contributed by atoms with Crippen LogP contribution in [0.15, 0.2) is 66.7 Å². The van der Waals surface area contributed by atoms with Crippen molar-refractivity contribution in [2.75, 3.05) is 0 Å². The van der Waals surface area contributed by atoms with Crippen molar-refractivity contribution in [1.82, 2.24) is 0 Å². The molecule has 99 valence electrons. The Balaban J connectivity index is 2.11. The molecule has 1 aliphatic rings. The van der Waals surface area contributed by atoms with E-state index in [1.54, 1.807) is 24.3 Å². The molecule has 1 radical (unpaired) electrons. The van der Waals surface area contributed by atoms with Crippen LogP contribution in [0, 0.1) is 0 Å². The van der Waals surface area contributed by atoms with Crippen molar-refractivity contribution in [3.63, 3.8) is 0 Å². The van der Waals surface area contributed by atoms with Crippen LogP contribution >= 0.6 is 0 Å². The van der Waals surface area contributed by atoms with Crippen LogP contribution in [0.5, 0.6) is 0 Å². The number of hydrogen-bond donors (Lipinski definition) is 0. The first-order chi connectivity index (χ1) is 10.3. The lowest BCUT2D eigenvalue weighted by Crippen LogP contribution is -2.11. The molecule has 1 aliphatic carbocycles. The van der Waals surface area contributed by atoms with Gasteiger partial charge in [0.2, 0.25) is 0 Å². The van der Waals surface area contributed by atoms with Crippen LogP contribution in [0.3, 0.4) is 0 Å². The topological polar surface area (TPSA) is 37.0 Å². The van der Waals surface area contributed by atoms with E-state index in [2.05, 4.69) is 0 Å². The summed E-state index contributed by atoms with van der Waals surface area (Å²) in [6, 6.07) is 20.3. The van der Waals surface area contributed by atoms with Gasteiger partial charge in [-0.3, -0.25) is 9.90 Å². The summed E-state index contributed by atoms with van der Waals surface area (Å²) in [6.45, 7) is 0. The standard InChI is InChI=1S/C19H11O2/c20-18-14-10-4-8-12-9-5-11-15(16(12)14)19(21)17(18)13-6-2-1-3-7-13/h1-11H. The summed E-state index contributed by atoms with van der Waals surface area (Å²) in [5.41, 5.74) is 2.17. The number of allylic oxidation sites excluding steroid dienone is 1. The van der Waals surface area contributed by atoms with E-state index < -0.39 is 0 Å². The molecule has 0 amide bonds. The first-order valence-corrected chi connectivity index (χ1v) is 6.81. The molecule has 21 heavy (non-hydrogen) atoms. The van der Waals surface area contributed by atoms with Crippen molar-refractivity contribution in [3.8, 4) is 0 Å². The molecule has 2 nitrogen and oxygen atoms in total. The van der Waals surface area contributed by atoms with Gasteiger partial charge in [-0.25, -0.2) is 0 Å². The third-order valence-electron chi connectivity index (χ3n) is 3.91. The zero-order chi connectivity index (χ0) is 14.4. The molecule has 0 spiro atoms. The lowest BCUT2D eigenvalue weighted by molar-refractivity contribution is 0.105. The van der Waals surface area contributed by atoms with E-state index in [-0.39, 0.29) is 17.1 Å². The van der Waals surface area contributed by atoms with E-state index in [0.29, 0.717) is 16.7 Å². The largest absolute Gasteiger partial charge is 0.288 e. The van der Waals surface area contributed by atoms with Gasteiger partial charge in [-0.05, 0) is 10.9 Å². The first kappa shape index (κ1) is 11.9. The van der Waals surface area contributed by atoms with E-state index in [9.17, 15) is 9.90 Å². The molecule has 0 N–H and O–H groups in total. The lowest BCUT2D eigenvalue weighted by Gasteiger charge is -2.18. The number of carbonyl (C=O) groups excluding carboxylic acids is 1. The Labute approximate surface area is 122 Å². The van der Waals surface area contributed by atoms with E-state index in [1.807, 2.05) is 42.5 Å². The van der Waals surface area contributed by atoms with Gasteiger partial charge in [-0.1, -0.05) is 66.7 Å². The maximum absolute atomic E-state index is 12.8. The molecule has 0 atom stereocenters. The van der Waals surface area contributed by atoms with Gasteiger partial charge in [-0.15, -0.1) is 0 Å². The highest BCUT2D eigenvalue weighted by Crippen LogP contribution is 2.39. The van der Waals surface area contributed by atoms with Crippen molar-refractivity contribution in [2.24, 2.45) is 0 Å². The normalized spacial score (nSPS) is 13.8. The van der Waals surface area contributed by atoms with Gasteiger partial charge in [0.15, 0.2) is 11.5 Å². The first-order valence-electron chi connectivity index (χ1n) is 6.81. The summed E-state index contributed by atoms with van der Waals surface area (Å²) in [4.78, 5) is 12.8. The maximum Gasteiger partial charge on any atom is 0.198 e. The Bertz CT molecular complexity index is 900. The van der Waals surface area contributed by atoms with Crippen molar-refractivity contribution in [1.29, 1.82) is 0 Å². The van der Waals surface area contributed by atoms with Crippen LogP contribution in [-0.4, -0.2) is 5.78 Å². The molecule has 0 aromatic heterocycles. The van der Waals surface area contributed by atoms with Gasteiger partial charge >= 0.3 is 0 Å².